The molecule has 3 fully saturated rings. The fourth-order valence-corrected chi connectivity index (χ4v) is 6.32. The van der Waals surface area contributed by atoms with Gasteiger partial charge in [-0.15, -0.1) is 12.4 Å². The minimum Gasteiger partial charge on any atom is -0.349 e. The minimum absolute atomic E-state index is 0. The predicted octanol–water partition coefficient (Wildman–Crippen LogP) is 5.50. The number of carbonyl (C=O) groups is 2. The number of piperidine rings is 1. The first-order valence-electron chi connectivity index (χ1n) is 13.6. The van der Waals surface area contributed by atoms with E-state index in [-0.39, 0.29) is 47.4 Å². The molecule has 1 N–H and O–H groups in total. The van der Waals surface area contributed by atoms with Crippen molar-refractivity contribution in [3.8, 4) is 0 Å². The van der Waals surface area contributed by atoms with Gasteiger partial charge in [-0.2, -0.15) is 0 Å². The molecule has 0 radical (unpaired) electrons. The summed E-state index contributed by atoms with van der Waals surface area (Å²) in [7, 11) is 0. The Morgan fingerprint density at radius 3 is 2.30 bits per heavy atom. The first kappa shape index (κ1) is 27.6. The molecule has 0 aromatic heterocycles. The van der Waals surface area contributed by atoms with Gasteiger partial charge in [0, 0.05) is 25.6 Å². The second-order valence-corrected chi connectivity index (χ2v) is 11.0. The van der Waals surface area contributed by atoms with Crippen LogP contribution >= 0.6 is 12.4 Å². The number of amides is 2. The van der Waals surface area contributed by atoms with Crippen LogP contribution < -0.4 is 5.32 Å². The van der Waals surface area contributed by atoms with Crippen LogP contribution in [0.4, 0.5) is 4.39 Å². The highest BCUT2D eigenvalue weighted by Crippen LogP contribution is 2.42. The van der Waals surface area contributed by atoms with Crippen molar-refractivity contribution in [1.82, 2.24) is 15.1 Å². The van der Waals surface area contributed by atoms with Crippen LogP contribution in [0.5, 0.6) is 0 Å². The van der Waals surface area contributed by atoms with Gasteiger partial charge in [0.1, 0.15) is 5.82 Å². The fraction of sp³-hybridized carbons (Fsp3) is 0.533. The lowest BCUT2D eigenvalue weighted by Crippen LogP contribution is -2.45. The molecule has 1 aliphatic carbocycles. The van der Waals surface area contributed by atoms with Gasteiger partial charge in [0.15, 0.2) is 0 Å². The van der Waals surface area contributed by atoms with Gasteiger partial charge in [-0.3, -0.25) is 9.59 Å². The standard InChI is InChI=1S/C30H38FN3O2.ClH/c31-26-12-10-23(11-13-26)22-34-21-17-30(29(34)36)15-19-33(20-16-30)18-14-27(24-6-2-1-3-7-24)32-28(35)25-8-4-5-9-25;/h1-3,6-7,10-13,25,27H,4-5,8-9,14-22H2,(H,32,35);1H/t27-;/m0./s1. The van der Waals surface area contributed by atoms with Crippen molar-refractivity contribution < 1.29 is 14.0 Å². The summed E-state index contributed by atoms with van der Waals surface area (Å²) in [6, 6.07) is 16.8. The zero-order valence-corrected chi connectivity index (χ0v) is 22.4. The Morgan fingerprint density at radius 2 is 1.62 bits per heavy atom. The van der Waals surface area contributed by atoms with Gasteiger partial charge in [0.2, 0.25) is 11.8 Å². The lowest BCUT2D eigenvalue weighted by molar-refractivity contribution is -0.139. The number of nitrogens with zero attached hydrogens (tertiary/aromatic N) is 2. The molecule has 2 aromatic rings. The summed E-state index contributed by atoms with van der Waals surface area (Å²) in [5.74, 6) is 0.384. The van der Waals surface area contributed by atoms with Crippen molar-refractivity contribution in [1.29, 1.82) is 0 Å². The molecule has 7 heteroatoms. The molecular weight excluding hydrogens is 489 g/mol. The smallest absolute Gasteiger partial charge is 0.229 e. The first-order valence-corrected chi connectivity index (χ1v) is 13.6. The Bertz CT molecular complexity index is 1030. The molecule has 5 rings (SSSR count). The summed E-state index contributed by atoms with van der Waals surface area (Å²) in [4.78, 5) is 30.6. The molecular formula is C30H39ClFN3O2. The highest BCUT2D eigenvalue weighted by Gasteiger charge is 2.47. The lowest BCUT2D eigenvalue weighted by atomic mass is 9.77. The van der Waals surface area contributed by atoms with Gasteiger partial charge in [0.05, 0.1) is 11.5 Å². The number of halogens is 2. The van der Waals surface area contributed by atoms with Gasteiger partial charge in [-0.1, -0.05) is 55.3 Å². The number of benzene rings is 2. The van der Waals surface area contributed by atoms with Crippen molar-refractivity contribution in [2.45, 2.75) is 64.0 Å². The maximum Gasteiger partial charge on any atom is 0.229 e. The monoisotopic (exact) mass is 527 g/mol. The van der Waals surface area contributed by atoms with E-state index in [1.807, 2.05) is 23.1 Å². The van der Waals surface area contributed by atoms with E-state index in [4.69, 9.17) is 0 Å². The normalized spacial score (nSPS) is 20.7. The van der Waals surface area contributed by atoms with Crippen LogP contribution in [-0.2, 0) is 16.1 Å². The van der Waals surface area contributed by atoms with E-state index in [2.05, 4.69) is 22.3 Å². The second kappa shape index (κ2) is 12.4. The van der Waals surface area contributed by atoms with Crippen molar-refractivity contribution >= 4 is 24.2 Å². The Hall–Kier alpha value is -2.44. The molecule has 200 valence electrons. The van der Waals surface area contributed by atoms with Gasteiger partial charge >= 0.3 is 0 Å². The Kier molecular flexibility index (Phi) is 9.25. The summed E-state index contributed by atoms with van der Waals surface area (Å²) in [6.45, 7) is 4.07. The zero-order valence-electron chi connectivity index (χ0n) is 21.5. The molecule has 2 amide bonds. The molecule has 37 heavy (non-hydrogen) atoms. The average molecular weight is 528 g/mol. The molecule has 1 spiro atoms. The van der Waals surface area contributed by atoms with Crippen molar-refractivity contribution in [2.24, 2.45) is 11.3 Å². The number of hydrogen-bond donors (Lipinski definition) is 1. The third kappa shape index (κ3) is 6.53. The van der Waals surface area contributed by atoms with Gasteiger partial charge in [-0.05, 0) is 74.9 Å². The number of hydrogen-bond acceptors (Lipinski definition) is 3. The van der Waals surface area contributed by atoms with Gasteiger partial charge < -0.3 is 15.1 Å². The average Bonchev–Trinajstić information content (AvgIpc) is 3.55. The zero-order chi connectivity index (χ0) is 25.0. The maximum atomic E-state index is 13.3. The molecule has 3 aliphatic rings. The molecule has 5 nitrogen and oxygen atoms in total. The molecule has 0 bridgehead atoms. The van der Waals surface area contributed by atoms with E-state index in [1.165, 1.54) is 17.7 Å². The summed E-state index contributed by atoms with van der Waals surface area (Å²) in [5, 5.41) is 3.35. The van der Waals surface area contributed by atoms with E-state index >= 15 is 0 Å². The Labute approximate surface area is 226 Å². The molecule has 2 aromatic carbocycles. The largest absolute Gasteiger partial charge is 0.349 e. The van der Waals surface area contributed by atoms with Crippen molar-refractivity contribution in [3.63, 3.8) is 0 Å². The molecule has 0 unspecified atom stereocenters. The molecule has 1 saturated carbocycles. The van der Waals surface area contributed by atoms with Gasteiger partial charge in [0.25, 0.3) is 0 Å². The van der Waals surface area contributed by atoms with Crippen LogP contribution in [-0.4, -0.2) is 47.8 Å². The molecule has 2 aliphatic heterocycles. The minimum atomic E-state index is -0.247. The number of carbonyl (C=O) groups excluding carboxylic acids is 2. The predicted molar refractivity (Wildman–Crippen MR) is 146 cm³/mol. The quantitative estimate of drug-likeness (QED) is 0.493. The number of likely N-dealkylation sites (tertiary alicyclic amines) is 2. The number of rotatable bonds is 8. The topological polar surface area (TPSA) is 52.7 Å². The van der Waals surface area contributed by atoms with E-state index in [0.717, 1.165) is 83.1 Å². The van der Waals surface area contributed by atoms with Gasteiger partial charge in [-0.25, -0.2) is 4.39 Å². The fourth-order valence-electron chi connectivity index (χ4n) is 6.32. The van der Waals surface area contributed by atoms with Crippen molar-refractivity contribution in [2.75, 3.05) is 26.2 Å². The van der Waals surface area contributed by atoms with Crippen LogP contribution in [0.15, 0.2) is 54.6 Å². The van der Waals surface area contributed by atoms with E-state index in [1.54, 1.807) is 12.1 Å². The third-order valence-electron chi connectivity index (χ3n) is 8.68. The lowest BCUT2D eigenvalue weighted by Gasteiger charge is -2.38. The van der Waals surface area contributed by atoms with Crippen LogP contribution in [0.2, 0.25) is 0 Å². The summed E-state index contributed by atoms with van der Waals surface area (Å²) in [6.07, 6.45) is 7.88. The van der Waals surface area contributed by atoms with Crippen LogP contribution in [0, 0.1) is 17.2 Å². The van der Waals surface area contributed by atoms with Crippen LogP contribution in [0.25, 0.3) is 0 Å². The van der Waals surface area contributed by atoms with E-state index in [9.17, 15) is 14.0 Å². The van der Waals surface area contributed by atoms with Crippen LogP contribution in [0.1, 0.15) is 68.5 Å². The number of nitrogens with one attached hydrogen (secondary N) is 1. The summed E-state index contributed by atoms with van der Waals surface area (Å²) in [5.41, 5.74) is 1.90. The summed E-state index contributed by atoms with van der Waals surface area (Å²) >= 11 is 0. The highest BCUT2D eigenvalue weighted by atomic mass is 35.5. The van der Waals surface area contributed by atoms with Crippen molar-refractivity contribution in [3.05, 3.63) is 71.5 Å². The second-order valence-electron chi connectivity index (χ2n) is 11.0. The molecule has 2 saturated heterocycles. The highest BCUT2D eigenvalue weighted by molar-refractivity contribution is 5.85. The third-order valence-corrected chi connectivity index (χ3v) is 8.68. The SMILES string of the molecule is Cl.O=C(N[C@@H](CCN1CCC2(CC1)CCN(Cc1ccc(F)cc1)C2=O)c1ccccc1)C1CCCC1. The molecule has 1 atom stereocenters. The van der Waals surface area contributed by atoms with Crippen LogP contribution in [0.3, 0.4) is 0 Å². The Morgan fingerprint density at radius 1 is 0.973 bits per heavy atom. The molecule has 2 heterocycles. The van der Waals surface area contributed by atoms with E-state index in [0.29, 0.717) is 6.54 Å². The Balaban J connectivity index is 0.00000320. The summed E-state index contributed by atoms with van der Waals surface area (Å²) < 4.78 is 13.2. The van der Waals surface area contributed by atoms with E-state index < -0.39 is 0 Å². The first-order chi connectivity index (χ1) is 17.5. The maximum absolute atomic E-state index is 13.3.